The first-order valence-electron chi connectivity index (χ1n) is 24.7. The molecule has 348 valence electrons. The van der Waals surface area contributed by atoms with Gasteiger partial charge in [-0.25, -0.2) is 0 Å². The van der Waals surface area contributed by atoms with Crippen molar-refractivity contribution in [3.05, 3.63) is 59.5 Å². The van der Waals surface area contributed by atoms with E-state index in [9.17, 15) is 35.7 Å². The van der Waals surface area contributed by atoms with Crippen LogP contribution in [0.1, 0.15) is 124 Å². The molecule has 9 aliphatic carbocycles. The summed E-state index contributed by atoms with van der Waals surface area (Å²) in [6.45, 7) is 7.72. The maximum atomic E-state index is 15.6. The summed E-state index contributed by atoms with van der Waals surface area (Å²) in [4.78, 5) is 15.6. The van der Waals surface area contributed by atoms with Crippen LogP contribution in [0.4, 0.5) is 0 Å². The van der Waals surface area contributed by atoms with E-state index in [1.807, 2.05) is 25.3 Å². The van der Waals surface area contributed by atoms with Crippen LogP contribution >= 0.6 is 0 Å². The maximum absolute atomic E-state index is 15.6. The van der Waals surface area contributed by atoms with E-state index in [1.165, 1.54) is 6.42 Å². The topological polar surface area (TPSA) is 218 Å². The fraction of sp³-hybridized carbons (Fsp3) is 0.784. The Morgan fingerprint density at radius 1 is 1.00 bits per heavy atom. The van der Waals surface area contributed by atoms with Crippen molar-refractivity contribution in [3.63, 3.8) is 0 Å². The van der Waals surface area contributed by atoms with Gasteiger partial charge in [-0.2, -0.15) is 0 Å². The molecule has 2 heterocycles. The maximum Gasteiger partial charge on any atom is 0.182 e. The summed E-state index contributed by atoms with van der Waals surface area (Å²) >= 11 is 0. The summed E-state index contributed by atoms with van der Waals surface area (Å²) in [6, 6.07) is 0. The van der Waals surface area contributed by atoms with Crippen LogP contribution < -0.4 is 16.4 Å². The number of hydrogen-bond acceptors (Lipinski definition) is 12. The molecule has 12 nitrogen and oxygen atoms in total. The molecule has 11 N–H and O–H groups in total. The molecule has 1 saturated heterocycles. The molecule has 0 aromatic heterocycles. The molecule has 1 unspecified atom stereocenters. The molecule has 0 aromatic carbocycles. The van der Waals surface area contributed by atoms with Gasteiger partial charge in [-0.15, -0.1) is 0 Å². The van der Waals surface area contributed by atoms with Crippen molar-refractivity contribution in [2.75, 3.05) is 6.54 Å². The number of nitrogens with one attached hydrogen (secondary N) is 2. The molecule has 0 aromatic rings. The molecular formula is C51H75N3O9. The summed E-state index contributed by atoms with van der Waals surface area (Å²) in [5.41, 5.74) is -0.939. The first-order chi connectivity index (χ1) is 29.8. The van der Waals surface area contributed by atoms with Crippen molar-refractivity contribution < 1.29 is 45.3 Å². The van der Waals surface area contributed by atoms with E-state index >= 15 is 4.79 Å². The van der Waals surface area contributed by atoms with E-state index in [2.05, 4.69) is 41.9 Å². The number of ether oxygens (including phenoxy) is 1. The summed E-state index contributed by atoms with van der Waals surface area (Å²) in [6.07, 6.45) is 18.9. The van der Waals surface area contributed by atoms with Crippen molar-refractivity contribution in [2.45, 2.75) is 184 Å². The minimum absolute atomic E-state index is 0.0548. The Kier molecular flexibility index (Phi) is 10.6. The Labute approximate surface area is 373 Å². The molecule has 12 heteroatoms. The molecule has 11 aliphatic rings. The lowest BCUT2D eigenvalue weighted by molar-refractivity contribution is -0.258. The largest absolute Gasteiger partial charge is 0.393 e. The monoisotopic (exact) mass is 874 g/mol. The summed E-state index contributed by atoms with van der Waals surface area (Å²) < 4.78 is 7.02. The SMILES string of the molecule is CCC[C@@H]1CC[C@H]2[C@H]3[C@@H](O[C@@H]2CC1)[C@@](O)([C@](C)(O)[C@H]1CC[C@@]2(O)C4=C(NC[C@H](C)O)C(=O)[C@@H]5C[C@@H](O)[C@@H](O)C[C@@]56C[C@@]5(C7=CNC(N)C=C7)C=C[C@@H](C[C@]12C)[C@@]46C=C5)CCC[C@@H]3O. The number of carbonyl (C=O) groups excluding carboxylic acids is 1. The Hall–Kier alpha value is -2.39. The minimum atomic E-state index is -1.79. The van der Waals surface area contributed by atoms with Crippen LogP contribution in [0.15, 0.2) is 59.5 Å². The first kappa shape index (κ1) is 44.4. The molecule has 11 rings (SSSR count). The van der Waals surface area contributed by atoms with Gasteiger partial charge in [0, 0.05) is 40.8 Å². The number of nitrogens with two attached hydrogens (primary N) is 1. The second-order valence-corrected chi connectivity index (χ2v) is 22.9. The third-order valence-electron chi connectivity index (χ3n) is 19.9. The molecule has 20 atom stereocenters. The average Bonchev–Trinajstić information content (AvgIpc) is 3.48. The van der Waals surface area contributed by atoms with Gasteiger partial charge < -0.3 is 56.8 Å². The predicted octanol–water partition coefficient (Wildman–Crippen LogP) is 3.93. The van der Waals surface area contributed by atoms with Gasteiger partial charge in [-0.05, 0) is 137 Å². The van der Waals surface area contributed by atoms with Crippen molar-refractivity contribution in [1.82, 2.24) is 10.6 Å². The molecule has 0 amide bonds. The highest BCUT2D eigenvalue weighted by molar-refractivity contribution is 6.01. The van der Waals surface area contributed by atoms with Crippen LogP contribution in [0.2, 0.25) is 0 Å². The van der Waals surface area contributed by atoms with E-state index < -0.39 is 80.8 Å². The van der Waals surface area contributed by atoms with Gasteiger partial charge in [0.1, 0.15) is 5.60 Å². The number of fused-ring (bicyclic) bond motifs is 5. The van der Waals surface area contributed by atoms with Gasteiger partial charge >= 0.3 is 0 Å². The summed E-state index contributed by atoms with van der Waals surface area (Å²) in [5, 5.41) is 93.5. The third kappa shape index (κ3) is 5.93. The highest BCUT2D eigenvalue weighted by atomic mass is 16.5. The Bertz CT molecular complexity index is 2010. The number of rotatable bonds is 8. The molecule has 2 bridgehead atoms. The molecule has 2 aliphatic heterocycles. The number of ketones is 1. The lowest BCUT2D eigenvalue weighted by Gasteiger charge is -2.71. The van der Waals surface area contributed by atoms with E-state index in [0.717, 1.165) is 37.7 Å². The Morgan fingerprint density at radius 3 is 2.51 bits per heavy atom. The van der Waals surface area contributed by atoms with Crippen LogP contribution in [0, 0.1) is 57.2 Å². The third-order valence-corrected chi connectivity index (χ3v) is 19.9. The molecule has 63 heavy (non-hydrogen) atoms. The van der Waals surface area contributed by atoms with Crippen molar-refractivity contribution >= 4 is 5.78 Å². The minimum Gasteiger partial charge on any atom is -0.393 e. The zero-order valence-corrected chi connectivity index (χ0v) is 37.9. The van der Waals surface area contributed by atoms with Gasteiger partial charge in [0.2, 0.25) is 0 Å². The van der Waals surface area contributed by atoms with Gasteiger partial charge in [-0.3, -0.25) is 4.79 Å². The molecule has 0 radical (unpaired) electrons. The van der Waals surface area contributed by atoms with Crippen molar-refractivity contribution in [2.24, 2.45) is 62.9 Å². The fourth-order valence-corrected chi connectivity index (χ4v) is 17.0. The van der Waals surface area contributed by atoms with Gasteiger partial charge in [-0.1, -0.05) is 63.5 Å². The number of aliphatic hydroxyl groups excluding tert-OH is 4. The van der Waals surface area contributed by atoms with Crippen LogP contribution in [-0.2, 0) is 9.53 Å². The van der Waals surface area contributed by atoms with Gasteiger partial charge in [0.25, 0.3) is 0 Å². The smallest absolute Gasteiger partial charge is 0.182 e. The number of Topliss-reactive ketones (excluding diaryl/α,β-unsaturated/α-hetero) is 1. The number of dihydropyridines is 1. The summed E-state index contributed by atoms with van der Waals surface area (Å²) in [5.74, 6) is -1.56. The normalized spacial score (nSPS) is 52.2. The average molecular weight is 874 g/mol. The van der Waals surface area contributed by atoms with Crippen LogP contribution in [0.5, 0.6) is 0 Å². The molecule has 2 spiro atoms. The first-order valence-corrected chi connectivity index (χ1v) is 24.7. The Balaban J connectivity index is 1.12. The van der Waals surface area contributed by atoms with Gasteiger partial charge in [0.05, 0.1) is 59.7 Å². The number of aliphatic hydroxyl groups is 7. The molecule has 6 fully saturated rings. The fourth-order valence-electron chi connectivity index (χ4n) is 17.0. The number of allylic oxidation sites excluding steroid dienone is 7. The second-order valence-electron chi connectivity index (χ2n) is 22.9. The molecule has 5 saturated carbocycles. The van der Waals surface area contributed by atoms with Crippen molar-refractivity contribution in [3.8, 4) is 0 Å². The Morgan fingerprint density at radius 2 is 1.78 bits per heavy atom. The van der Waals surface area contributed by atoms with Crippen molar-refractivity contribution in [1.29, 1.82) is 0 Å². The highest BCUT2D eigenvalue weighted by Crippen LogP contribution is 2.80. The van der Waals surface area contributed by atoms with E-state index in [1.54, 1.807) is 13.8 Å². The number of carbonyl (C=O) groups is 1. The van der Waals surface area contributed by atoms with Crippen LogP contribution in [0.3, 0.4) is 0 Å². The predicted molar refractivity (Wildman–Crippen MR) is 237 cm³/mol. The second kappa shape index (κ2) is 15.1. The quantitative estimate of drug-likeness (QED) is 0.157. The highest BCUT2D eigenvalue weighted by Gasteiger charge is 2.80. The van der Waals surface area contributed by atoms with E-state index in [0.29, 0.717) is 43.6 Å². The van der Waals surface area contributed by atoms with Crippen LogP contribution in [0.25, 0.3) is 0 Å². The lowest BCUT2D eigenvalue weighted by atomic mass is 9.33. The van der Waals surface area contributed by atoms with E-state index in [4.69, 9.17) is 10.5 Å². The summed E-state index contributed by atoms with van der Waals surface area (Å²) in [7, 11) is 0. The van der Waals surface area contributed by atoms with E-state index in [-0.39, 0.29) is 73.7 Å². The molecular weight excluding hydrogens is 799 g/mol. The number of hydrogen-bond donors (Lipinski definition) is 10. The zero-order chi connectivity index (χ0) is 44.7. The lowest BCUT2D eigenvalue weighted by Crippen LogP contribution is -2.73. The standard InChI is InChI=1S/C51H75N3O9/c1-5-7-29-9-12-32-37(13-10-29)63-44-40(32)34(56)8-6-17-51(44,62)46(4,60)38-16-19-50(61)43-41(54-25-28(2)55)42(59)33-22-35(57)36(58)24-48(33)27-47(31-11-14-39(52)53-26-31)18-15-30(23-45(38,50)3)49(43,48)21-20-47/h11,14-15,18,20-21,26,28-30,32-40,44,53-58,60-62H,5-10,12-13,16-17,19,22-25,27,52H2,1-4H3/t28-,29+,30-,32+,33-,34-,35+,36-,37+,38-,39?,40+,44+,45+,46+,47+,48+,49-,50+,51+/m0/s1. The van der Waals surface area contributed by atoms with Gasteiger partial charge in [0.15, 0.2) is 5.78 Å². The van der Waals surface area contributed by atoms with Crippen LogP contribution in [-0.4, -0.2) is 108 Å². The zero-order valence-electron chi connectivity index (χ0n) is 37.9.